The number of esters is 1. The Balaban J connectivity index is 1.83. The molecule has 1 aliphatic rings. The summed E-state index contributed by atoms with van der Waals surface area (Å²) in [5, 5.41) is 12.9. The lowest BCUT2D eigenvalue weighted by atomic mass is 10.0. The molecule has 0 aliphatic carbocycles. The fourth-order valence-corrected chi connectivity index (χ4v) is 4.16. The van der Waals surface area contributed by atoms with Gasteiger partial charge < -0.3 is 15.2 Å². The molecule has 35 heavy (non-hydrogen) atoms. The third-order valence-electron chi connectivity index (χ3n) is 5.93. The lowest BCUT2D eigenvalue weighted by molar-refractivity contribution is -0.138. The highest BCUT2D eigenvalue weighted by molar-refractivity contribution is 6.03. The van der Waals surface area contributed by atoms with E-state index in [-0.39, 0.29) is 12.6 Å². The van der Waals surface area contributed by atoms with Gasteiger partial charge in [0.15, 0.2) is 0 Å². The van der Waals surface area contributed by atoms with Gasteiger partial charge in [0.05, 0.1) is 30.1 Å². The standard InChI is InChI=1S/C25H31N7O3/c1-15-13-31(3)14-21(26)18(16(2)27-12-24(33)34-5)7-9-23-19-10-17(6-8-22(19)29-30-23)20-11-28-32(4)25(20)35-15/h6-11,15H,12-14,26H2,1-5H3,(H,29,30)/b9-7+,21-18-,27-16?. The number of rotatable bonds is 3. The SMILES string of the molecule is COC(=O)CN=C(C)C1=C(\N)CN(C)CC(C)Oc2c(cnn2C)-c2ccc3n[nH]c(c3c2)\C=C\1. The van der Waals surface area contributed by atoms with Gasteiger partial charge in [-0.1, -0.05) is 6.07 Å². The van der Waals surface area contributed by atoms with Crippen molar-refractivity contribution >= 4 is 28.7 Å². The summed E-state index contributed by atoms with van der Waals surface area (Å²) in [5.41, 5.74) is 12.2. The first-order chi connectivity index (χ1) is 16.8. The molecule has 4 rings (SSSR count). The number of ether oxygens (including phenoxy) is 2. The quantitative estimate of drug-likeness (QED) is 0.439. The Hall–Kier alpha value is -3.92. The average molecular weight is 478 g/mol. The molecular weight excluding hydrogens is 446 g/mol. The highest BCUT2D eigenvalue weighted by atomic mass is 16.5. The second kappa shape index (κ2) is 10.1. The number of benzene rings is 1. The predicted octanol–water partition coefficient (Wildman–Crippen LogP) is 2.54. The van der Waals surface area contributed by atoms with Crippen molar-refractivity contribution in [2.75, 3.05) is 33.8 Å². The number of H-pyrrole nitrogens is 1. The van der Waals surface area contributed by atoms with Gasteiger partial charge >= 0.3 is 5.97 Å². The summed E-state index contributed by atoms with van der Waals surface area (Å²) in [6, 6.07) is 6.06. The summed E-state index contributed by atoms with van der Waals surface area (Å²) in [6.07, 6.45) is 5.54. The van der Waals surface area contributed by atoms with Crippen molar-refractivity contribution in [2.24, 2.45) is 17.8 Å². The van der Waals surface area contributed by atoms with Crippen LogP contribution in [0.5, 0.6) is 5.88 Å². The van der Waals surface area contributed by atoms with Crippen molar-refractivity contribution < 1.29 is 14.3 Å². The zero-order chi connectivity index (χ0) is 25.1. The summed E-state index contributed by atoms with van der Waals surface area (Å²) in [6.45, 7) is 4.91. The van der Waals surface area contributed by atoms with Gasteiger partial charge in [-0.3, -0.25) is 19.8 Å². The summed E-state index contributed by atoms with van der Waals surface area (Å²) in [4.78, 5) is 18.1. The number of aryl methyl sites for hydroxylation is 1. The molecule has 0 amide bonds. The van der Waals surface area contributed by atoms with E-state index < -0.39 is 5.97 Å². The lowest BCUT2D eigenvalue weighted by Gasteiger charge is -2.23. The van der Waals surface area contributed by atoms with Crippen LogP contribution >= 0.6 is 0 Å². The van der Waals surface area contributed by atoms with Crippen molar-refractivity contribution in [1.29, 1.82) is 0 Å². The largest absolute Gasteiger partial charge is 0.473 e. The Labute approximate surface area is 204 Å². The van der Waals surface area contributed by atoms with Crippen LogP contribution in [0.1, 0.15) is 19.5 Å². The minimum atomic E-state index is -0.408. The number of hydrogen-bond acceptors (Lipinski definition) is 8. The van der Waals surface area contributed by atoms with Crippen molar-refractivity contribution in [3.05, 3.63) is 47.4 Å². The number of aromatic nitrogens is 4. The van der Waals surface area contributed by atoms with Crippen LogP contribution in [0.3, 0.4) is 0 Å². The van der Waals surface area contributed by atoms with Gasteiger partial charge in [-0.25, -0.2) is 4.68 Å². The third kappa shape index (κ3) is 5.27. The number of nitrogens with two attached hydrogens (primary N) is 1. The second-order valence-electron chi connectivity index (χ2n) is 8.73. The molecule has 2 bridgehead atoms. The van der Waals surface area contributed by atoms with Crippen molar-refractivity contribution in [3.8, 4) is 17.0 Å². The van der Waals surface area contributed by atoms with Gasteiger partial charge in [-0.05, 0) is 50.7 Å². The lowest BCUT2D eigenvalue weighted by Crippen LogP contribution is -2.34. The number of carbonyl (C=O) groups excluding carboxylic acids is 1. The molecule has 0 spiro atoms. The first kappa shape index (κ1) is 24.2. The highest BCUT2D eigenvalue weighted by Crippen LogP contribution is 2.33. The van der Waals surface area contributed by atoms with E-state index in [2.05, 4.69) is 31.3 Å². The molecule has 184 valence electrons. The first-order valence-corrected chi connectivity index (χ1v) is 11.4. The molecule has 10 nitrogen and oxygen atoms in total. The predicted molar refractivity (Wildman–Crippen MR) is 136 cm³/mol. The van der Waals surface area contributed by atoms with Gasteiger partial charge in [0.1, 0.15) is 12.6 Å². The zero-order valence-corrected chi connectivity index (χ0v) is 20.7. The first-order valence-electron chi connectivity index (χ1n) is 11.4. The Morgan fingerprint density at radius 2 is 2.14 bits per heavy atom. The number of aliphatic imine (C=N–C) groups is 1. The van der Waals surface area contributed by atoms with E-state index in [1.54, 1.807) is 4.68 Å². The third-order valence-corrected chi connectivity index (χ3v) is 5.93. The van der Waals surface area contributed by atoms with E-state index in [9.17, 15) is 4.79 Å². The number of nitrogens with zero attached hydrogens (tertiary/aromatic N) is 5. The minimum Gasteiger partial charge on any atom is -0.473 e. The molecule has 3 aromatic rings. The molecular formula is C25H31N7O3. The van der Waals surface area contributed by atoms with E-state index in [4.69, 9.17) is 15.2 Å². The number of aromatic amines is 1. The van der Waals surface area contributed by atoms with Crippen molar-refractivity contribution in [3.63, 3.8) is 0 Å². The molecule has 0 saturated carbocycles. The van der Waals surface area contributed by atoms with Crippen LogP contribution in [-0.4, -0.2) is 76.5 Å². The van der Waals surface area contributed by atoms with Crippen LogP contribution in [0.2, 0.25) is 0 Å². The number of methoxy groups -OCH3 is 1. The van der Waals surface area contributed by atoms with Crippen molar-refractivity contribution in [2.45, 2.75) is 20.0 Å². The number of fused-ring (bicyclic) bond motifs is 3. The number of likely N-dealkylation sites (N-methyl/N-ethyl adjacent to an activating group) is 1. The van der Waals surface area contributed by atoms with E-state index >= 15 is 0 Å². The average Bonchev–Trinajstić information content (AvgIpc) is 3.39. The molecule has 2 aromatic heterocycles. The molecule has 10 heteroatoms. The van der Waals surface area contributed by atoms with Gasteiger partial charge in [-0.2, -0.15) is 10.2 Å². The van der Waals surface area contributed by atoms with Gasteiger partial charge in [0.2, 0.25) is 5.88 Å². The summed E-state index contributed by atoms with van der Waals surface area (Å²) < 4.78 is 12.8. The zero-order valence-electron chi connectivity index (χ0n) is 20.7. The summed E-state index contributed by atoms with van der Waals surface area (Å²) in [5.74, 6) is 0.296. The molecule has 3 heterocycles. The van der Waals surface area contributed by atoms with Gasteiger partial charge in [-0.15, -0.1) is 0 Å². The Kier molecular flexibility index (Phi) is 7.02. The summed E-state index contributed by atoms with van der Waals surface area (Å²) >= 11 is 0. The van der Waals surface area contributed by atoms with Crippen LogP contribution < -0.4 is 10.5 Å². The molecule has 1 unspecified atom stereocenters. The number of allylic oxidation sites excluding steroid dienone is 2. The molecule has 3 N–H and O–H groups in total. The van der Waals surface area contributed by atoms with Gasteiger partial charge in [0.25, 0.3) is 0 Å². The smallest absolute Gasteiger partial charge is 0.327 e. The molecule has 0 saturated heterocycles. The van der Waals surface area contributed by atoms with E-state index in [0.29, 0.717) is 30.4 Å². The highest BCUT2D eigenvalue weighted by Gasteiger charge is 2.19. The maximum Gasteiger partial charge on any atom is 0.327 e. The molecule has 1 aromatic carbocycles. The van der Waals surface area contributed by atoms with Crippen LogP contribution in [-0.2, 0) is 16.6 Å². The van der Waals surface area contributed by atoms with Crippen molar-refractivity contribution in [1.82, 2.24) is 24.9 Å². The van der Waals surface area contributed by atoms with Crippen LogP contribution in [0, 0.1) is 0 Å². The number of hydrogen-bond donors (Lipinski definition) is 2. The Morgan fingerprint density at radius 1 is 1.34 bits per heavy atom. The molecule has 0 radical (unpaired) electrons. The van der Waals surface area contributed by atoms with Crippen LogP contribution in [0.25, 0.3) is 28.1 Å². The van der Waals surface area contributed by atoms with E-state index in [0.717, 1.165) is 33.3 Å². The minimum absolute atomic E-state index is 0.0731. The maximum absolute atomic E-state index is 11.6. The Bertz CT molecular complexity index is 1330. The molecule has 0 fully saturated rings. The van der Waals surface area contributed by atoms with E-state index in [1.807, 2.05) is 58.4 Å². The number of carbonyl (C=O) groups is 1. The normalized spacial score (nSPS) is 20.7. The summed E-state index contributed by atoms with van der Waals surface area (Å²) in [7, 11) is 5.20. The molecule has 1 aliphatic heterocycles. The fourth-order valence-electron chi connectivity index (χ4n) is 4.16. The fraction of sp³-hybridized carbons (Fsp3) is 0.360. The monoisotopic (exact) mass is 477 g/mol. The Morgan fingerprint density at radius 3 is 2.91 bits per heavy atom. The maximum atomic E-state index is 11.6. The number of nitrogens with one attached hydrogen (secondary N) is 1. The van der Waals surface area contributed by atoms with Gasteiger partial charge in [0, 0.05) is 42.5 Å². The topological polar surface area (TPSA) is 124 Å². The molecule has 1 atom stereocenters. The van der Waals surface area contributed by atoms with Crippen LogP contribution in [0.15, 0.2) is 46.7 Å². The van der Waals surface area contributed by atoms with Crippen LogP contribution in [0.4, 0.5) is 0 Å². The van der Waals surface area contributed by atoms with E-state index in [1.165, 1.54) is 7.11 Å². The second-order valence-corrected chi connectivity index (χ2v) is 8.73.